The van der Waals surface area contributed by atoms with Gasteiger partial charge in [-0.05, 0) is 68.0 Å². The van der Waals surface area contributed by atoms with Gasteiger partial charge in [0, 0.05) is 55.3 Å². The van der Waals surface area contributed by atoms with Crippen LogP contribution in [0.15, 0.2) is 36.5 Å². The second kappa shape index (κ2) is 10.6. The Labute approximate surface area is 204 Å². The minimum Gasteiger partial charge on any atom is -0.348 e. The van der Waals surface area contributed by atoms with Crippen molar-refractivity contribution >= 4 is 17.9 Å². The van der Waals surface area contributed by atoms with Crippen LogP contribution in [0.1, 0.15) is 51.3 Å². The van der Waals surface area contributed by atoms with Crippen molar-refractivity contribution in [3.05, 3.63) is 87.3 Å². The lowest BCUT2D eigenvalue weighted by Gasteiger charge is -2.30. The van der Waals surface area contributed by atoms with E-state index in [1.165, 1.54) is 18.2 Å². The van der Waals surface area contributed by atoms with Crippen molar-refractivity contribution < 1.29 is 14.0 Å². The molecule has 4 rings (SSSR count). The number of pyridine rings is 1. The summed E-state index contributed by atoms with van der Waals surface area (Å²) in [5.41, 5.74) is 7.40. The zero-order valence-electron chi connectivity index (χ0n) is 20.3. The Morgan fingerprint density at radius 2 is 1.97 bits per heavy atom. The Morgan fingerprint density at radius 1 is 1.17 bits per heavy atom. The molecule has 8 heteroatoms. The number of amides is 2. The van der Waals surface area contributed by atoms with Crippen molar-refractivity contribution in [2.45, 2.75) is 53.1 Å². The SMILES string of the molecule is Cc1n[nH]c(C)c1CCC(=O)N1CCc2c(cnc(C)c2CNC(=O)/C=C/c2ccccc2F)C1. The van der Waals surface area contributed by atoms with Gasteiger partial charge in [0.25, 0.3) is 0 Å². The summed E-state index contributed by atoms with van der Waals surface area (Å²) in [5.74, 6) is -0.560. The highest BCUT2D eigenvalue weighted by molar-refractivity contribution is 5.91. The molecule has 1 aliphatic rings. The third-order valence-corrected chi connectivity index (χ3v) is 6.58. The highest BCUT2D eigenvalue weighted by Crippen LogP contribution is 2.25. The van der Waals surface area contributed by atoms with Crippen molar-refractivity contribution in [2.75, 3.05) is 6.54 Å². The molecule has 3 aromatic rings. The predicted octanol–water partition coefficient (Wildman–Crippen LogP) is 3.72. The van der Waals surface area contributed by atoms with Crippen LogP contribution in [0.5, 0.6) is 0 Å². The number of aryl methyl sites for hydroxylation is 3. The second-order valence-corrected chi connectivity index (χ2v) is 8.88. The molecular formula is C27H30FN5O2. The molecule has 2 N–H and O–H groups in total. The molecule has 0 fully saturated rings. The Hall–Kier alpha value is -3.81. The van der Waals surface area contributed by atoms with Crippen LogP contribution in [0.2, 0.25) is 0 Å². The largest absolute Gasteiger partial charge is 0.348 e. The molecule has 35 heavy (non-hydrogen) atoms. The van der Waals surface area contributed by atoms with Gasteiger partial charge in [-0.15, -0.1) is 0 Å². The number of H-pyrrole nitrogens is 1. The van der Waals surface area contributed by atoms with Crippen LogP contribution < -0.4 is 5.32 Å². The highest BCUT2D eigenvalue weighted by Gasteiger charge is 2.24. The van der Waals surface area contributed by atoms with Crippen LogP contribution in [0.25, 0.3) is 6.08 Å². The van der Waals surface area contributed by atoms with Crippen molar-refractivity contribution in [3.63, 3.8) is 0 Å². The summed E-state index contributed by atoms with van der Waals surface area (Å²) in [6.07, 6.45) is 6.45. The van der Waals surface area contributed by atoms with Gasteiger partial charge in [0.05, 0.1) is 5.69 Å². The van der Waals surface area contributed by atoms with E-state index in [0.29, 0.717) is 44.5 Å². The highest BCUT2D eigenvalue weighted by atomic mass is 19.1. The Bertz CT molecular complexity index is 1260. The van der Waals surface area contributed by atoms with Crippen LogP contribution >= 0.6 is 0 Å². The summed E-state index contributed by atoms with van der Waals surface area (Å²) in [7, 11) is 0. The van der Waals surface area contributed by atoms with E-state index in [1.54, 1.807) is 18.2 Å². The second-order valence-electron chi connectivity index (χ2n) is 8.88. The maximum absolute atomic E-state index is 13.8. The minimum atomic E-state index is -0.372. The van der Waals surface area contributed by atoms with E-state index >= 15 is 0 Å². The molecule has 0 radical (unpaired) electrons. The first-order valence-corrected chi connectivity index (χ1v) is 11.8. The molecule has 0 aliphatic carbocycles. The van der Waals surface area contributed by atoms with Crippen LogP contribution in [0.3, 0.4) is 0 Å². The Balaban J connectivity index is 1.38. The van der Waals surface area contributed by atoms with E-state index in [0.717, 1.165) is 39.3 Å². The number of hydrogen-bond acceptors (Lipinski definition) is 4. The van der Waals surface area contributed by atoms with Gasteiger partial charge in [0.2, 0.25) is 11.8 Å². The molecule has 0 saturated carbocycles. The fraction of sp³-hybridized carbons (Fsp3) is 0.333. The lowest BCUT2D eigenvalue weighted by Crippen LogP contribution is -2.37. The topological polar surface area (TPSA) is 91.0 Å². The monoisotopic (exact) mass is 475 g/mol. The Kier molecular flexibility index (Phi) is 7.39. The molecule has 0 spiro atoms. The van der Waals surface area contributed by atoms with Crippen molar-refractivity contribution in [3.8, 4) is 0 Å². The summed E-state index contributed by atoms with van der Waals surface area (Å²) in [6.45, 7) is 7.32. The molecule has 0 bridgehead atoms. The van der Waals surface area contributed by atoms with E-state index in [4.69, 9.17) is 0 Å². The minimum absolute atomic E-state index is 0.115. The quantitative estimate of drug-likeness (QED) is 0.510. The number of hydrogen-bond donors (Lipinski definition) is 2. The number of fused-ring (bicyclic) bond motifs is 1. The first-order valence-electron chi connectivity index (χ1n) is 11.8. The molecule has 182 valence electrons. The molecule has 7 nitrogen and oxygen atoms in total. The number of nitrogens with one attached hydrogen (secondary N) is 2. The first-order chi connectivity index (χ1) is 16.8. The summed E-state index contributed by atoms with van der Waals surface area (Å²) >= 11 is 0. The summed E-state index contributed by atoms with van der Waals surface area (Å²) in [6, 6.07) is 6.30. The van der Waals surface area contributed by atoms with Crippen LogP contribution in [0.4, 0.5) is 4.39 Å². The number of carbonyl (C=O) groups excluding carboxylic acids is 2. The Morgan fingerprint density at radius 3 is 2.71 bits per heavy atom. The molecule has 0 saturated heterocycles. The lowest BCUT2D eigenvalue weighted by molar-refractivity contribution is -0.132. The lowest BCUT2D eigenvalue weighted by atomic mass is 9.94. The number of rotatable bonds is 7. The fourth-order valence-corrected chi connectivity index (χ4v) is 4.51. The van der Waals surface area contributed by atoms with E-state index in [-0.39, 0.29) is 17.6 Å². The van der Waals surface area contributed by atoms with Crippen LogP contribution in [0, 0.1) is 26.6 Å². The van der Waals surface area contributed by atoms with Gasteiger partial charge >= 0.3 is 0 Å². The van der Waals surface area contributed by atoms with Crippen LogP contribution in [-0.4, -0.2) is 38.4 Å². The van der Waals surface area contributed by atoms with Crippen molar-refractivity contribution in [1.29, 1.82) is 0 Å². The zero-order valence-corrected chi connectivity index (χ0v) is 20.3. The zero-order chi connectivity index (χ0) is 24.9. The summed E-state index contributed by atoms with van der Waals surface area (Å²) in [4.78, 5) is 31.6. The fourth-order valence-electron chi connectivity index (χ4n) is 4.51. The maximum Gasteiger partial charge on any atom is 0.244 e. The van der Waals surface area contributed by atoms with E-state index in [1.807, 2.05) is 31.9 Å². The van der Waals surface area contributed by atoms with E-state index in [9.17, 15) is 14.0 Å². The third kappa shape index (κ3) is 5.65. The number of aromatic nitrogens is 3. The average molecular weight is 476 g/mol. The molecule has 1 aliphatic heterocycles. The third-order valence-electron chi connectivity index (χ3n) is 6.58. The van der Waals surface area contributed by atoms with Gasteiger partial charge in [0.15, 0.2) is 0 Å². The molecule has 2 aromatic heterocycles. The normalized spacial score (nSPS) is 13.2. The van der Waals surface area contributed by atoms with Gasteiger partial charge in [-0.3, -0.25) is 19.7 Å². The number of halogens is 1. The van der Waals surface area contributed by atoms with Gasteiger partial charge in [-0.1, -0.05) is 18.2 Å². The predicted molar refractivity (Wildman–Crippen MR) is 132 cm³/mol. The van der Waals surface area contributed by atoms with Gasteiger partial charge in [0.1, 0.15) is 5.82 Å². The molecule has 1 aromatic carbocycles. The van der Waals surface area contributed by atoms with E-state index < -0.39 is 0 Å². The number of carbonyl (C=O) groups is 2. The van der Waals surface area contributed by atoms with Gasteiger partial charge in [-0.2, -0.15) is 5.10 Å². The maximum atomic E-state index is 13.8. The number of nitrogens with zero attached hydrogens (tertiary/aromatic N) is 3. The number of aromatic amines is 1. The first kappa shape index (κ1) is 24.3. The van der Waals surface area contributed by atoms with Crippen molar-refractivity contribution in [2.24, 2.45) is 0 Å². The summed E-state index contributed by atoms with van der Waals surface area (Å²) < 4.78 is 13.8. The standard InChI is InChI=1S/C27H30FN5O2/c1-17-24(15-30-26(34)10-8-20-6-4-5-7-25(20)28)23-12-13-33(16-21(23)14-29-17)27(35)11-9-22-18(2)31-32-19(22)3/h4-8,10,14H,9,11-13,15-16H2,1-3H3,(H,30,34)(H,31,32)/b10-8+. The molecule has 2 amide bonds. The summed E-state index contributed by atoms with van der Waals surface area (Å²) in [5, 5.41) is 10.1. The van der Waals surface area contributed by atoms with Gasteiger partial charge in [-0.25, -0.2) is 4.39 Å². The molecular weight excluding hydrogens is 445 g/mol. The smallest absolute Gasteiger partial charge is 0.244 e. The number of benzene rings is 1. The molecule has 3 heterocycles. The van der Waals surface area contributed by atoms with Gasteiger partial charge < -0.3 is 10.2 Å². The van der Waals surface area contributed by atoms with E-state index in [2.05, 4.69) is 20.5 Å². The average Bonchev–Trinajstić information content (AvgIpc) is 3.17. The van der Waals surface area contributed by atoms with Crippen molar-refractivity contribution in [1.82, 2.24) is 25.4 Å². The molecule has 0 unspecified atom stereocenters. The molecule has 0 atom stereocenters. The van der Waals surface area contributed by atoms with Crippen LogP contribution in [-0.2, 0) is 35.5 Å².